The molecule has 0 aromatic carbocycles. The highest BCUT2D eigenvalue weighted by Crippen LogP contribution is 2.05. The molecule has 0 spiro atoms. The molecule has 0 radical (unpaired) electrons. The van der Waals surface area contributed by atoms with Gasteiger partial charge in [-0.2, -0.15) is 0 Å². The number of likely N-dealkylation sites (N-methyl/N-ethyl adjacent to an activating group) is 1. The van der Waals surface area contributed by atoms with Crippen LogP contribution in [0.2, 0.25) is 0 Å². The van der Waals surface area contributed by atoms with Crippen molar-refractivity contribution < 1.29 is 9.59 Å². The van der Waals surface area contributed by atoms with Gasteiger partial charge >= 0.3 is 11.8 Å². The predicted octanol–water partition coefficient (Wildman–Crippen LogP) is -0.138. The number of rotatable bonds is 3. The highest BCUT2D eigenvalue weighted by molar-refractivity contribution is 6.34. The third-order valence-electron chi connectivity index (χ3n) is 3.38. The standard InChI is InChI=1S/C14H20N4O2/c1-2-17(11-12-3-5-15-6-4-12)13(19)14(20)18-9-7-16-8-10-18/h3-6,16H,2,7-11H2,1H3. The van der Waals surface area contributed by atoms with Crippen LogP contribution in [0, 0.1) is 0 Å². The lowest BCUT2D eigenvalue weighted by Gasteiger charge is -2.29. The Bertz CT molecular complexity index is 458. The quantitative estimate of drug-likeness (QED) is 0.781. The van der Waals surface area contributed by atoms with E-state index in [-0.39, 0.29) is 0 Å². The Morgan fingerprint density at radius 1 is 1.30 bits per heavy atom. The van der Waals surface area contributed by atoms with Crippen LogP contribution in [0.5, 0.6) is 0 Å². The molecule has 6 heteroatoms. The number of nitrogens with zero attached hydrogens (tertiary/aromatic N) is 3. The van der Waals surface area contributed by atoms with E-state index in [4.69, 9.17) is 0 Å². The van der Waals surface area contributed by atoms with Crippen molar-refractivity contribution in [2.75, 3.05) is 32.7 Å². The van der Waals surface area contributed by atoms with Gasteiger partial charge in [0.2, 0.25) is 0 Å². The molecule has 0 unspecified atom stereocenters. The summed E-state index contributed by atoms with van der Waals surface area (Å²) in [7, 11) is 0. The SMILES string of the molecule is CCN(Cc1ccncc1)C(=O)C(=O)N1CCNCC1. The smallest absolute Gasteiger partial charge is 0.312 e. The Morgan fingerprint density at radius 2 is 1.95 bits per heavy atom. The maximum Gasteiger partial charge on any atom is 0.312 e. The molecular formula is C14H20N4O2. The zero-order chi connectivity index (χ0) is 14.4. The van der Waals surface area contributed by atoms with Crippen LogP contribution < -0.4 is 5.32 Å². The second-order valence-electron chi connectivity index (χ2n) is 4.72. The van der Waals surface area contributed by atoms with E-state index in [9.17, 15) is 9.59 Å². The van der Waals surface area contributed by atoms with Crippen molar-refractivity contribution in [3.63, 3.8) is 0 Å². The number of piperazine rings is 1. The zero-order valence-corrected chi connectivity index (χ0v) is 11.7. The Hall–Kier alpha value is -1.95. The van der Waals surface area contributed by atoms with Crippen LogP contribution >= 0.6 is 0 Å². The van der Waals surface area contributed by atoms with Crippen LogP contribution in [-0.2, 0) is 16.1 Å². The minimum absolute atomic E-state index is 0.401. The van der Waals surface area contributed by atoms with Crippen molar-refractivity contribution in [3.8, 4) is 0 Å². The van der Waals surface area contributed by atoms with Gasteiger partial charge in [-0.3, -0.25) is 14.6 Å². The molecule has 2 heterocycles. The zero-order valence-electron chi connectivity index (χ0n) is 11.7. The van der Waals surface area contributed by atoms with Crippen LogP contribution in [0.1, 0.15) is 12.5 Å². The summed E-state index contributed by atoms with van der Waals surface area (Å²) in [5.41, 5.74) is 0.975. The highest BCUT2D eigenvalue weighted by atomic mass is 16.2. The van der Waals surface area contributed by atoms with E-state index >= 15 is 0 Å². The molecule has 108 valence electrons. The van der Waals surface area contributed by atoms with Gasteiger partial charge in [-0.05, 0) is 24.6 Å². The minimum atomic E-state index is -0.425. The average Bonchev–Trinajstić information content (AvgIpc) is 2.53. The maximum absolute atomic E-state index is 12.3. The number of nitrogens with one attached hydrogen (secondary N) is 1. The van der Waals surface area contributed by atoms with Gasteiger partial charge in [0.1, 0.15) is 0 Å². The number of hydrogen-bond donors (Lipinski definition) is 1. The average molecular weight is 276 g/mol. The van der Waals surface area contributed by atoms with E-state index in [1.807, 2.05) is 19.1 Å². The van der Waals surface area contributed by atoms with Crippen molar-refractivity contribution >= 4 is 11.8 Å². The molecule has 6 nitrogen and oxygen atoms in total. The lowest BCUT2D eigenvalue weighted by Crippen LogP contribution is -2.52. The first-order valence-corrected chi connectivity index (χ1v) is 6.90. The lowest BCUT2D eigenvalue weighted by molar-refractivity contribution is -0.152. The van der Waals surface area contributed by atoms with Crippen LogP contribution in [0.3, 0.4) is 0 Å². The molecule has 2 rings (SSSR count). The summed E-state index contributed by atoms with van der Waals surface area (Å²) in [5.74, 6) is -0.825. The molecule has 1 aromatic heterocycles. The molecule has 1 aromatic rings. The Morgan fingerprint density at radius 3 is 2.55 bits per heavy atom. The first-order chi connectivity index (χ1) is 9.72. The maximum atomic E-state index is 12.3. The molecular weight excluding hydrogens is 256 g/mol. The van der Waals surface area contributed by atoms with E-state index in [0.717, 1.165) is 18.7 Å². The number of pyridine rings is 1. The van der Waals surface area contributed by atoms with Crippen molar-refractivity contribution in [2.24, 2.45) is 0 Å². The fraction of sp³-hybridized carbons (Fsp3) is 0.500. The molecule has 0 aliphatic carbocycles. The topological polar surface area (TPSA) is 65.5 Å². The van der Waals surface area contributed by atoms with Crippen LogP contribution in [0.4, 0.5) is 0 Å². The summed E-state index contributed by atoms with van der Waals surface area (Å²) < 4.78 is 0. The van der Waals surface area contributed by atoms with Gasteiger partial charge in [-0.1, -0.05) is 0 Å². The molecule has 1 fully saturated rings. The number of aromatic nitrogens is 1. The molecule has 20 heavy (non-hydrogen) atoms. The largest absolute Gasteiger partial charge is 0.332 e. The van der Waals surface area contributed by atoms with E-state index < -0.39 is 11.8 Å². The van der Waals surface area contributed by atoms with E-state index in [1.54, 1.807) is 22.2 Å². The van der Waals surface area contributed by atoms with Gasteiger partial charge in [-0.25, -0.2) is 0 Å². The van der Waals surface area contributed by atoms with Crippen LogP contribution in [0.15, 0.2) is 24.5 Å². The fourth-order valence-corrected chi connectivity index (χ4v) is 2.17. The third-order valence-corrected chi connectivity index (χ3v) is 3.38. The monoisotopic (exact) mass is 276 g/mol. The van der Waals surface area contributed by atoms with Crippen molar-refractivity contribution in [2.45, 2.75) is 13.5 Å². The summed E-state index contributed by atoms with van der Waals surface area (Å²) in [6, 6.07) is 3.70. The third kappa shape index (κ3) is 3.54. The van der Waals surface area contributed by atoms with Crippen molar-refractivity contribution in [1.82, 2.24) is 20.1 Å². The van der Waals surface area contributed by atoms with E-state index in [0.29, 0.717) is 26.2 Å². The van der Waals surface area contributed by atoms with Gasteiger partial charge < -0.3 is 15.1 Å². The number of carbonyl (C=O) groups excluding carboxylic acids is 2. The fourth-order valence-electron chi connectivity index (χ4n) is 2.17. The summed E-state index contributed by atoms with van der Waals surface area (Å²) in [6.45, 7) is 5.51. The van der Waals surface area contributed by atoms with Gasteiger partial charge in [-0.15, -0.1) is 0 Å². The summed E-state index contributed by atoms with van der Waals surface area (Å²) in [4.78, 5) is 31.6. The second kappa shape index (κ2) is 7.00. The molecule has 0 bridgehead atoms. The van der Waals surface area contributed by atoms with Crippen LogP contribution in [-0.4, -0.2) is 59.3 Å². The van der Waals surface area contributed by atoms with E-state index in [2.05, 4.69) is 10.3 Å². The minimum Gasteiger partial charge on any atom is -0.332 e. The molecule has 2 amide bonds. The predicted molar refractivity (Wildman–Crippen MR) is 74.8 cm³/mol. The number of amides is 2. The first-order valence-electron chi connectivity index (χ1n) is 6.90. The molecule has 1 saturated heterocycles. The molecule has 0 saturated carbocycles. The van der Waals surface area contributed by atoms with Gasteiger partial charge in [0, 0.05) is 51.7 Å². The van der Waals surface area contributed by atoms with Crippen molar-refractivity contribution in [1.29, 1.82) is 0 Å². The molecule has 0 atom stereocenters. The lowest BCUT2D eigenvalue weighted by atomic mass is 10.2. The second-order valence-corrected chi connectivity index (χ2v) is 4.72. The first kappa shape index (κ1) is 14.5. The van der Waals surface area contributed by atoms with Crippen LogP contribution in [0.25, 0.3) is 0 Å². The summed E-state index contributed by atoms with van der Waals surface area (Å²) in [5, 5.41) is 3.17. The molecule has 1 aliphatic heterocycles. The number of hydrogen-bond acceptors (Lipinski definition) is 4. The summed E-state index contributed by atoms with van der Waals surface area (Å²) >= 11 is 0. The number of carbonyl (C=O) groups is 2. The molecule has 1 N–H and O–H groups in total. The van der Waals surface area contributed by atoms with Gasteiger partial charge in [0.25, 0.3) is 0 Å². The Labute approximate surface area is 118 Å². The van der Waals surface area contributed by atoms with Crippen molar-refractivity contribution in [3.05, 3.63) is 30.1 Å². The van der Waals surface area contributed by atoms with Gasteiger partial charge in [0.05, 0.1) is 0 Å². The normalized spacial score (nSPS) is 14.9. The van der Waals surface area contributed by atoms with E-state index in [1.165, 1.54) is 0 Å². The van der Waals surface area contributed by atoms with Gasteiger partial charge in [0.15, 0.2) is 0 Å². The Kier molecular flexibility index (Phi) is 5.06. The highest BCUT2D eigenvalue weighted by Gasteiger charge is 2.27. The Balaban J connectivity index is 1.99. The molecule has 1 aliphatic rings. The summed E-state index contributed by atoms with van der Waals surface area (Å²) in [6.07, 6.45) is 3.37.